The second-order valence-electron chi connectivity index (χ2n) is 3.76. The van der Waals surface area contributed by atoms with Crippen molar-refractivity contribution in [1.82, 2.24) is 9.97 Å². The predicted molar refractivity (Wildman–Crippen MR) is 79.7 cm³/mol. The van der Waals surface area contributed by atoms with E-state index in [4.69, 9.17) is 16.3 Å². The number of aromatic nitrogens is 2. The third-order valence-electron chi connectivity index (χ3n) is 2.37. The molecule has 0 aliphatic carbocycles. The lowest BCUT2D eigenvalue weighted by Gasteiger charge is -2.09. The summed E-state index contributed by atoms with van der Waals surface area (Å²) in [5, 5.41) is 3.72. The zero-order valence-corrected chi connectivity index (χ0v) is 12.7. The van der Waals surface area contributed by atoms with Crippen molar-refractivity contribution in [1.29, 1.82) is 0 Å². The Labute approximate surface area is 125 Å². The number of hydrogen-bond acceptors (Lipinski definition) is 4. The molecule has 0 amide bonds. The van der Waals surface area contributed by atoms with E-state index in [2.05, 4.69) is 31.2 Å². The maximum Gasteiger partial charge on any atom is 0.233 e. The SMILES string of the molecule is CCNc1ncc(Br)c(OCc2ccccc2Cl)n1. The zero-order valence-electron chi connectivity index (χ0n) is 10.4. The molecule has 0 atom stereocenters. The first-order valence-electron chi connectivity index (χ1n) is 5.83. The third-order valence-corrected chi connectivity index (χ3v) is 3.28. The summed E-state index contributed by atoms with van der Waals surface area (Å²) in [4.78, 5) is 8.40. The van der Waals surface area contributed by atoms with Crippen LogP contribution in [-0.2, 0) is 6.61 Å². The summed E-state index contributed by atoms with van der Waals surface area (Å²) in [6, 6.07) is 7.56. The van der Waals surface area contributed by atoms with Crippen molar-refractivity contribution < 1.29 is 4.74 Å². The van der Waals surface area contributed by atoms with Gasteiger partial charge in [-0.1, -0.05) is 29.8 Å². The molecule has 2 rings (SSSR count). The first-order valence-corrected chi connectivity index (χ1v) is 7.00. The fourth-order valence-electron chi connectivity index (χ4n) is 1.46. The highest BCUT2D eigenvalue weighted by Crippen LogP contribution is 2.24. The van der Waals surface area contributed by atoms with Crippen molar-refractivity contribution in [3.8, 4) is 5.88 Å². The molecule has 0 unspecified atom stereocenters. The van der Waals surface area contributed by atoms with Gasteiger partial charge in [-0.3, -0.25) is 0 Å². The second kappa shape index (κ2) is 6.73. The minimum Gasteiger partial charge on any atom is -0.472 e. The molecule has 0 aliphatic rings. The molecule has 19 heavy (non-hydrogen) atoms. The van der Waals surface area contributed by atoms with Crippen LogP contribution in [0.5, 0.6) is 5.88 Å². The van der Waals surface area contributed by atoms with Crippen LogP contribution in [0.1, 0.15) is 12.5 Å². The number of halogens is 2. The van der Waals surface area contributed by atoms with Crippen LogP contribution in [0.2, 0.25) is 5.02 Å². The molecule has 0 fully saturated rings. The van der Waals surface area contributed by atoms with Crippen LogP contribution in [0.25, 0.3) is 0 Å². The third kappa shape index (κ3) is 3.81. The summed E-state index contributed by atoms with van der Waals surface area (Å²) >= 11 is 9.44. The van der Waals surface area contributed by atoms with Crippen LogP contribution in [-0.4, -0.2) is 16.5 Å². The van der Waals surface area contributed by atoms with Gasteiger partial charge in [-0.2, -0.15) is 4.98 Å². The molecule has 1 aromatic heterocycles. The molecule has 4 nitrogen and oxygen atoms in total. The Kier molecular flexibility index (Phi) is 4.99. The molecule has 100 valence electrons. The number of hydrogen-bond donors (Lipinski definition) is 1. The molecular weight excluding hydrogens is 330 g/mol. The normalized spacial score (nSPS) is 10.3. The van der Waals surface area contributed by atoms with E-state index in [9.17, 15) is 0 Å². The molecule has 1 aromatic carbocycles. The van der Waals surface area contributed by atoms with E-state index in [1.165, 1.54) is 0 Å². The Morgan fingerprint density at radius 3 is 2.89 bits per heavy atom. The fraction of sp³-hybridized carbons (Fsp3) is 0.231. The smallest absolute Gasteiger partial charge is 0.233 e. The lowest BCUT2D eigenvalue weighted by atomic mass is 10.2. The predicted octanol–water partition coefficient (Wildman–Crippen LogP) is 3.90. The van der Waals surface area contributed by atoms with Gasteiger partial charge in [0.15, 0.2) is 0 Å². The molecular formula is C13H13BrClN3O. The van der Waals surface area contributed by atoms with Crippen molar-refractivity contribution in [2.45, 2.75) is 13.5 Å². The summed E-state index contributed by atoms with van der Waals surface area (Å²) in [5.74, 6) is 1.03. The van der Waals surface area contributed by atoms with Gasteiger partial charge >= 0.3 is 0 Å². The molecule has 6 heteroatoms. The minimum absolute atomic E-state index is 0.362. The van der Waals surface area contributed by atoms with Crippen LogP contribution in [0.3, 0.4) is 0 Å². The van der Waals surface area contributed by atoms with E-state index in [0.717, 1.165) is 12.1 Å². The maximum atomic E-state index is 6.07. The zero-order chi connectivity index (χ0) is 13.7. The average molecular weight is 343 g/mol. The van der Waals surface area contributed by atoms with E-state index >= 15 is 0 Å². The van der Waals surface area contributed by atoms with Gasteiger partial charge in [0.2, 0.25) is 11.8 Å². The molecule has 2 aromatic rings. The average Bonchev–Trinajstić information content (AvgIpc) is 2.41. The molecule has 1 N–H and O–H groups in total. The van der Waals surface area contributed by atoms with Crippen molar-refractivity contribution in [3.63, 3.8) is 0 Å². The van der Waals surface area contributed by atoms with Gasteiger partial charge in [0.25, 0.3) is 0 Å². The van der Waals surface area contributed by atoms with Crippen LogP contribution in [0.15, 0.2) is 34.9 Å². The first-order chi connectivity index (χ1) is 9.20. The van der Waals surface area contributed by atoms with Crippen molar-refractivity contribution >= 4 is 33.5 Å². The number of rotatable bonds is 5. The van der Waals surface area contributed by atoms with Gasteiger partial charge in [-0.15, -0.1) is 0 Å². The van der Waals surface area contributed by atoms with Crippen molar-refractivity contribution in [2.24, 2.45) is 0 Å². The largest absolute Gasteiger partial charge is 0.472 e. The Bertz CT molecular complexity index is 565. The van der Waals surface area contributed by atoms with E-state index in [-0.39, 0.29) is 0 Å². The molecule has 0 saturated heterocycles. The van der Waals surface area contributed by atoms with Gasteiger partial charge in [0.1, 0.15) is 6.61 Å². The van der Waals surface area contributed by atoms with Gasteiger partial charge in [-0.25, -0.2) is 4.98 Å². The second-order valence-corrected chi connectivity index (χ2v) is 5.02. The highest BCUT2D eigenvalue weighted by Gasteiger charge is 2.07. The van der Waals surface area contributed by atoms with Crippen molar-refractivity contribution in [2.75, 3.05) is 11.9 Å². The van der Waals surface area contributed by atoms with Crippen LogP contribution >= 0.6 is 27.5 Å². The Morgan fingerprint density at radius 1 is 1.37 bits per heavy atom. The lowest BCUT2D eigenvalue weighted by Crippen LogP contribution is -2.05. The number of nitrogens with one attached hydrogen (secondary N) is 1. The first kappa shape index (κ1) is 14.1. The van der Waals surface area contributed by atoms with Crippen molar-refractivity contribution in [3.05, 3.63) is 45.5 Å². The highest BCUT2D eigenvalue weighted by molar-refractivity contribution is 9.10. The number of anilines is 1. The monoisotopic (exact) mass is 341 g/mol. The van der Waals surface area contributed by atoms with Crippen LogP contribution in [0.4, 0.5) is 5.95 Å². The summed E-state index contributed by atoms with van der Waals surface area (Å²) in [7, 11) is 0. The summed E-state index contributed by atoms with van der Waals surface area (Å²) < 4.78 is 6.38. The van der Waals surface area contributed by atoms with E-state index in [1.807, 2.05) is 31.2 Å². The van der Waals surface area contributed by atoms with Gasteiger partial charge in [-0.05, 0) is 28.9 Å². The topological polar surface area (TPSA) is 47.0 Å². The molecule has 0 radical (unpaired) electrons. The maximum absolute atomic E-state index is 6.07. The summed E-state index contributed by atoms with van der Waals surface area (Å²) in [5.41, 5.74) is 0.916. The fourth-order valence-corrected chi connectivity index (χ4v) is 1.95. The summed E-state index contributed by atoms with van der Waals surface area (Å²) in [6.07, 6.45) is 1.66. The van der Waals surface area contributed by atoms with Gasteiger partial charge < -0.3 is 10.1 Å². The van der Waals surface area contributed by atoms with Gasteiger partial charge in [0, 0.05) is 17.1 Å². The Hall–Kier alpha value is -1.33. The van der Waals surface area contributed by atoms with Crippen LogP contribution < -0.4 is 10.1 Å². The number of benzene rings is 1. The quantitative estimate of drug-likeness (QED) is 0.895. The molecule has 1 heterocycles. The van der Waals surface area contributed by atoms with E-state index in [1.54, 1.807) is 6.20 Å². The Balaban J connectivity index is 2.10. The van der Waals surface area contributed by atoms with E-state index < -0.39 is 0 Å². The number of nitrogens with zero attached hydrogens (tertiary/aromatic N) is 2. The highest BCUT2D eigenvalue weighted by atomic mass is 79.9. The van der Waals surface area contributed by atoms with Crippen LogP contribution in [0, 0.1) is 0 Å². The molecule has 0 saturated carbocycles. The lowest BCUT2D eigenvalue weighted by molar-refractivity contribution is 0.291. The minimum atomic E-state index is 0.362. The number of ether oxygens (including phenoxy) is 1. The Morgan fingerprint density at radius 2 is 2.16 bits per heavy atom. The molecule has 0 spiro atoms. The van der Waals surface area contributed by atoms with E-state index in [0.29, 0.717) is 27.9 Å². The molecule has 0 aliphatic heterocycles. The summed E-state index contributed by atoms with van der Waals surface area (Å²) in [6.45, 7) is 3.10. The molecule has 0 bridgehead atoms. The van der Waals surface area contributed by atoms with Gasteiger partial charge in [0.05, 0.1) is 10.7 Å². The standard InChI is InChI=1S/C13H13BrClN3O/c1-2-16-13-17-7-10(14)12(18-13)19-8-9-5-3-4-6-11(9)15/h3-7H,2,8H2,1H3,(H,16,17,18).